The van der Waals surface area contributed by atoms with Crippen LogP contribution in [-0.2, 0) is 4.74 Å². The summed E-state index contributed by atoms with van der Waals surface area (Å²) in [5.74, 6) is 0. The molecule has 0 amide bonds. The molecule has 1 N–H and O–H groups in total. The molecular weight excluding hydrogens is 140 g/mol. The van der Waals surface area contributed by atoms with Gasteiger partial charge in [0.1, 0.15) is 0 Å². The summed E-state index contributed by atoms with van der Waals surface area (Å²) in [5.41, 5.74) is 1.16. The van der Waals surface area contributed by atoms with Crippen molar-refractivity contribution in [1.29, 1.82) is 0 Å². The van der Waals surface area contributed by atoms with Crippen molar-refractivity contribution in [2.75, 3.05) is 6.61 Å². The molecule has 11 heavy (non-hydrogen) atoms. The van der Waals surface area contributed by atoms with Crippen LogP contribution in [-0.4, -0.2) is 23.9 Å². The highest BCUT2D eigenvalue weighted by atomic mass is 16.5. The van der Waals surface area contributed by atoms with Crippen LogP contribution in [0.1, 0.15) is 26.7 Å². The van der Waals surface area contributed by atoms with Gasteiger partial charge in [-0.15, -0.1) is 0 Å². The first-order chi connectivity index (χ1) is 5.20. The van der Waals surface area contributed by atoms with Crippen molar-refractivity contribution < 1.29 is 9.84 Å². The van der Waals surface area contributed by atoms with Crippen molar-refractivity contribution in [1.82, 2.24) is 0 Å². The maximum atomic E-state index is 9.05. The molecule has 1 heterocycles. The Bertz CT molecular complexity index is 144. The number of ether oxygens (including phenoxy) is 1. The van der Waals surface area contributed by atoms with E-state index in [0.717, 1.165) is 25.0 Å². The Kier molecular flexibility index (Phi) is 3.09. The van der Waals surface area contributed by atoms with E-state index in [2.05, 4.69) is 0 Å². The molecule has 1 saturated heterocycles. The fourth-order valence-electron chi connectivity index (χ4n) is 1.42. The molecule has 0 saturated carbocycles. The van der Waals surface area contributed by atoms with Crippen LogP contribution in [0.4, 0.5) is 0 Å². The maximum Gasteiger partial charge on any atom is 0.0784 e. The van der Waals surface area contributed by atoms with Crippen molar-refractivity contribution in [2.24, 2.45) is 0 Å². The van der Waals surface area contributed by atoms with E-state index in [0.29, 0.717) is 0 Å². The Morgan fingerprint density at radius 2 is 2.45 bits per heavy atom. The van der Waals surface area contributed by atoms with Crippen molar-refractivity contribution >= 4 is 0 Å². The normalized spacial score (nSPS) is 29.0. The molecule has 0 aromatic rings. The monoisotopic (exact) mass is 156 g/mol. The lowest BCUT2D eigenvalue weighted by atomic mass is 10.1. The molecule has 0 bridgehead atoms. The van der Waals surface area contributed by atoms with Gasteiger partial charge in [0.15, 0.2) is 0 Å². The van der Waals surface area contributed by atoms with Gasteiger partial charge in [-0.2, -0.15) is 0 Å². The summed E-state index contributed by atoms with van der Waals surface area (Å²) < 4.78 is 5.44. The molecule has 1 aliphatic rings. The van der Waals surface area contributed by atoms with Crippen molar-refractivity contribution in [3.05, 3.63) is 11.6 Å². The lowest BCUT2D eigenvalue weighted by Gasteiger charge is -2.10. The quantitative estimate of drug-likeness (QED) is 0.614. The van der Waals surface area contributed by atoms with Gasteiger partial charge in [0.2, 0.25) is 0 Å². The Balaban J connectivity index is 2.45. The van der Waals surface area contributed by atoms with Gasteiger partial charge in [-0.1, -0.05) is 6.08 Å². The predicted octanol–water partition coefficient (Wildman–Crippen LogP) is 1.49. The van der Waals surface area contributed by atoms with Crippen molar-refractivity contribution in [2.45, 2.75) is 38.9 Å². The van der Waals surface area contributed by atoms with Gasteiger partial charge >= 0.3 is 0 Å². The Hall–Kier alpha value is -0.340. The smallest absolute Gasteiger partial charge is 0.0784 e. The van der Waals surface area contributed by atoms with E-state index in [9.17, 15) is 0 Å². The summed E-state index contributed by atoms with van der Waals surface area (Å²) in [4.78, 5) is 0. The van der Waals surface area contributed by atoms with Crippen LogP contribution in [0, 0.1) is 0 Å². The molecule has 1 rings (SSSR count). The maximum absolute atomic E-state index is 9.05. The molecule has 64 valence electrons. The topological polar surface area (TPSA) is 29.5 Å². The van der Waals surface area contributed by atoms with Gasteiger partial charge in [-0.25, -0.2) is 0 Å². The number of hydrogen-bond donors (Lipinski definition) is 1. The number of rotatable bonds is 2. The van der Waals surface area contributed by atoms with Crippen LogP contribution in [0.3, 0.4) is 0 Å². The highest BCUT2D eigenvalue weighted by Gasteiger charge is 2.16. The largest absolute Gasteiger partial charge is 0.389 e. The predicted molar refractivity (Wildman–Crippen MR) is 44.4 cm³/mol. The zero-order valence-corrected chi connectivity index (χ0v) is 7.21. The molecule has 1 aliphatic heterocycles. The molecule has 2 nitrogen and oxygen atoms in total. The summed E-state index contributed by atoms with van der Waals surface area (Å²) in [6.07, 6.45) is 4.03. The van der Waals surface area contributed by atoms with E-state index in [1.54, 1.807) is 6.92 Å². The number of hydrogen-bond acceptors (Lipinski definition) is 2. The molecule has 0 aliphatic carbocycles. The molecule has 2 unspecified atom stereocenters. The SMILES string of the molecule is C/C(=C/C(C)O)C1CCCO1. The molecule has 1 fully saturated rings. The second-order valence-corrected chi connectivity index (χ2v) is 3.15. The minimum absolute atomic E-state index is 0.268. The second-order valence-electron chi connectivity index (χ2n) is 3.15. The van der Waals surface area contributed by atoms with Gasteiger partial charge in [0, 0.05) is 6.61 Å². The average Bonchev–Trinajstić information content (AvgIpc) is 2.35. The van der Waals surface area contributed by atoms with Crippen LogP contribution in [0.2, 0.25) is 0 Å². The average molecular weight is 156 g/mol. The summed E-state index contributed by atoms with van der Waals surface area (Å²) in [6.45, 7) is 4.65. The first-order valence-corrected chi connectivity index (χ1v) is 4.18. The van der Waals surface area contributed by atoms with E-state index in [1.807, 2.05) is 13.0 Å². The van der Waals surface area contributed by atoms with E-state index >= 15 is 0 Å². The minimum atomic E-state index is -0.348. The fourth-order valence-corrected chi connectivity index (χ4v) is 1.42. The third-order valence-corrected chi connectivity index (χ3v) is 1.94. The first-order valence-electron chi connectivity index (χ1n) is 4.18. The molecule has 0 aromatic heterocycles. The minimum Gasteiger partial charge on any atom is -0.389 e. The van der Waals surface area contributed by atoms with E-state index in [-0.39, 0.29) is 12.2 Å². The molecule has 0 spiro atoms. The van der Waals surface area contributed by atoms with Gasteiger partial charge < -0.3 is 9.84 Å². The Morgan fingerprint density at radius 1 is 1.73 bits per heavy atom. The van der Waals surface area contributed by atoms with E-state index in [4.69, 9.17) is 9.84 Å². The zero-order chi connectivity index (χ0) is 8.27. The van der Waals surface area contributed by atoms with Crippen LogP contribution in [0.25, 0.3) is 0 Å². The van der Waals surface area contributed by atoms with Crippen LogP contribution in [0.5, 0.6) is 0 Å². The molecule has 2 heteroatoms. The highest BCUT2D eigenvalue weighted by molar-refractivity contribution is 5.08. The summed E-state index contributed by atoms with van der Waals surface area (Å²) in [6, 6.07) is 0. The number of aliphatic hydroxyl groups is 1. The summed E-state index contributed by atoms with van der Waals surface area (Å²) >= 11 is 0. The van der Waals surface area contributed by atoms with Gasteiger partial charge in [0.25, 0.3) is 0 Å². The molecule has 2 atom stereocenters. The standard InChI is InChI=1S/C9H16O2/c1-7(6-8(2)10)9-4-3-5-11-9/h6,8-10H,3-5H2,1-2H3/b7-6-. The van der Waals surface area contributed by atoms with Gasteiger partial charge in [0.05, 0.1) is 12.2 Å². The van der Waals surface area contributed by atoms with E-state index in [1.165, 1.54) is 0 Å². The lowest BCUT2D eigenvalue weighted by molar-refractivity contribution is 0.135. The molecule has 0 aromatic carbocycles. The van der Waals surface area contributed by atoms with Crippen molar-refractivity contribution in [3.63, 3.8) is 0 Å². The van der Waals surface area contributed by atoms with Gasteiger partial charge in [-0.05, 0) is 32.3 Å². The second kappa shape index (κ2) is 3.88. The van der Waals surface area contributed by atoms with Crippen molar-refractivity contribution in [3.8, 4) is 0 Å². The highest BCUT2D eigenvalue weighted by Crippen LogP contribution is 2.19. The van der Waals surface area contributed by atoms with Crippen LogP contribution in [0.15, 0.2) is 11.6 Å². The van der Waals surface area contributed by atoms with Crippen LogP contribution >= 0.6 is 0 Å². The summed E-state index contributed by atoms with van der Waals surface area (Å²) in [7, 11) is 0. The van der Waals surface area contributed by atoms with Gasteiger partial charge in [-0.3, -0.25) is 0 Å². The molecular formula is C9H16O2. The number of aliphatic hydroxyl groups excluding tert-OH is 1. The molecule has 0 radical (unpaired) electrons. The summed E-state index contributed by atoms with van der Waals surface area (Å²) in [5, 5.41) is 9.05. The Morgan fingerprint density at radius 3 is 2.91 bits per heavy atom. The van der Waals surface area contributed by atoms with E-state index < -0.39 is 0 Å². The Labute approximate surface area is 67.9 Å². The van der Waals surface area contributed by atoms with Crippen LogP contribution < -0.4 is 0 Å². The third-order valence-electron chi connectivity index (χ3n) is 1.94. The zero-order valence-electron chi connectivity index (χ0n) is 7.21. The fraction of sp³-hybridized carbons (Fsp3) is 0.778. The third kappa shape index (κ3) is 2.64. The lowest BCUT2D eigenvalue weighted by Crippen LogP contribution is -2.08. The first kappa shape index (κ1) is 8.75.